The standard InChI is InChI=1S/C14H15N3O3S2/c18-14(13-15-5-2-6-16-13)17-7-4-12(11-3-1-9-21-11)22(19,20)10-8-17/h1-3,5-6,9,12H,4,7-8,10H2. The average Bonchev–Trinajstić information content (AvgIpc) is 2.99. The first kappa shape index (κ1) is 15.1. The largest absolute Gasteiger partial charge is 0.335 e. The van der Waals surface area contributed by atoms with Gasteiger partial charge in [-0.2, -0.15) is 0 Å². The Kier molecular flexibility index (Phi) is 4.21. The normalized spacial score (nSPS) is 21.3. The number of carbonyl (C=O) groups excluding carboxylic acids is 1. The van der Waals surface area contributed by atoms with Crippen LogP contribution in [0.15, 0.2) is 36.0 Å². The lowest BCUT2D eigenvalue weighted by atomic mass is 10.2. The molecule has 1 aliphatic heterocycles. The maximum atomic E-state index is 12.4. The molecule has 8 heteroatoms. The summed E-state index contributed by atoms with van der Waals surface area (Å²) < 4.78 is 24.9. The molecule has 0 bridgehead atoms. The molecular weight excluding hydrogens is 322 g/mol. The lowest BCUT2D eigenvalue weighted by molar-refractivity contribution is 0.0754. The minimum Gasteiger partial charge on any atom is -0.335 e. The summed E-state index contributed by atoms with van der Waals surface area (Å²) >= 11 is 1.44. The SMILES string of the molecule is O=C(c1ncccn1)N1CCC(c2cccs2)S(=O)(=O)CC1. The van der Waals surface area contributed by atoms with Crippen LogP contribution >= 0.6 is 11.3 Å². The van der Waals surface area contributed by atoms with Crippen molar-refractivity contribution < 1.29 is 13.2 Å². The molecule has 1 aliphatic rings. The summed E-state index contributed by atoms with van der Waals surface area (Å²) in [5, 5.41) is 1.35. The van der Waals surface area contributed by atoms with E-state index in [1.165, 1.54) is 28.6 Å². The molecule has 1 amide bonds. The van der Waals surface area contributed by atoms with Crippen molar-refractivity contribution in [1.29, 1.82) is 0 Å². The topological polar surface area (TPSA) is 80.2 Å². The Balaban J connectivity index is 1.81. The number of carbonyl (C=O) groups is 1. The highest BCUT2D eigenvalue weighted by atomic mass is 32.2. The van der Waals surface area contributed by atoms with E-state index in [1.54, 1.807) is 6.07 Å². The van der Waals surface area contributed by atoms with E-state index in [-0.39, 0.29) is 24.0 Å². The Morgan fingerprint density at radius 1 is 1.23 bits per heavy atom. The molecule has 0 aliphatic carbocycles. The number of hydrogen-bond acceptors (Lipinski definition) is 6. The van der Waals surface area contributed by atoms with Gasteiger partial charge in [0.25, 0.3) is 5.91 Å². The van der Waals surface area contributed by atoms with Crippen LogP contribution < -0.4 is 0 Å². The van der Waals surface area contributed by atoms with E-state index >= 15 is 0 Å². The van der Waals surface area contributed by atoms with Crippen LogP contribution in [0.25, 0.3) is 0 Å². The summed E-state index contributed by atoms with van der Waals surface area (Å²) in [6.45, 7) is 0.570. The van der Waals surface area contributed by atoms with Crippen molar-refractivity contribution in [3.63, 3.8) is 0 Å². The van der Waals surface area contributed by atoms with Crippen LogP contribution in [-0.2, 0) is 9.84 Å². The summed E-state index contributed by atoms with van der Waals surface area (Å²) in [6, 6.07) is 5.32. The van der Waals surface area contributed by atoms with Gasteiger partial charge in [0, 0.05) is 30.4 Å². The van der Waals surface area contributed by atoms with Gasteiger partial charge >= 0.3 is 0 Å². The number of amides is 1. The Hall–Kier alpha value is -1.80. The summed E-state index contributed by atoms with van der Waals surface area (Å²) in [7, 11) is -3.26. The number of sulfone groups is 1. The molecule has 2 aromatic rings. The highest BCUT2D eigenvalue weighted by molar-refractivity contribution is 7.91. The van der Waals surface area contributed by atoms with Crippen molar-refractivity contribution in [2.45, 2.75) is 11.7 Å². The van der Waals surface area contributed by atoms with Gasteiger partial charge in [0.2, 0.25) is 5.82 Å². The predicted molar refractivity (Wildman–Crippen MR) is 83.4 cm³/mol. The number of nitrogens with zero attached hydrogens (tertiary/aromatic N) is 3. The van der Waals surface area contributed by atoms with Crippen LogP contribution in [0.5, 0.6) is 0 Å². The van der Waals surface area contributed by atoms with Crippen molar-refractivity contribution in [3.8, 4) is 0 Å². The Bertz CT molecular complexity index is 745. The lowest BCUT2D eigenvalue weighted by Gasteiger charge is -2.18. The molecular formula is C14H15N3O3S2. The zero-order valence-electron chi connectivity index (χ0n) is 11.8. The zero-order valence-corrected chi connectivity index (χ0v) is 13.4. The molecule has 0 saturated carbocycles. The molecule has 1 atom stereocenters. The van der Waals surface area contributed by atoms with Crippen LogP contribution in [0.1, 0.15) is 27.2 Å². The number of aromatic nitrogens is 2. The lowest BCUT2D eigenvalue weighted by Crippen LogP contribution is -2.34. The maximum absolute atomic E-state index is 12.4. The number of hydrogen-bond donors (Lipinski definition) is 0. The van der Waals surface area contributed by atoms with E-state index < -0.39 is 15.1 Å². The first-order valence-electron chi connectivity index (χ1n) is 6.89. The minimum absolute atomic E-state index is 0.0336. The van der Waals surface area contributed by atoms with Crippen molar-refractivity contribution in [2.75, 3.05) is 18.8 Å². The third kappa shape index (κ3) is 3.02. The highest BCUT2D eigenvalue weighted by Gasteiger charge is 2.33. The van der Waals surface area contributed by atoms with Gasteiger partial charge < -0.3 is 4.90 Å². The predicted octanol–water partition coefficient (Wildman–Crippen LogP) is 1.54. The van der Waals surface area contributed by atoms with Crippen molar-refractivity contribution in [1.82, 2.24) is 14.9 Å². The highest BCUT2D eigenvalue weighted by Crippen LogP contribution is 2.32. The number of thiophene rings is 1. The summed E-state index contributed by atoms with van der Waals surface area (Å²) in [5.41, 5.74) is 0. The second-order valence-electron chi connectivity index (χ2n) is 5.02. The van der Waals surface area contributed by atoms with Gasteiger partial charge in [-0.1, -0.05) is 6.07 Å². The van der Waals surface area contributed by atoms with Crippen LogP contribution in [0, 0.1) is 0 Å². The first-order chi connectivity index (χ1) is 10.6. The monoisotopic (exact) mass is 337 g/mol. The smallest absolute Gasteiger partial charge is 0.291 e. The van der Waals surface area contributed by atoms with E-state index in [4.69, 9.17) is 0 Å². The molecule has 22 heavy (non-hydrogen) atoms. The Morgan fingerprint density at radius 3 is 2.68 bits per heavy atom. The second kappa shape index (κ2) is 6.13. The van der Waals surface area contributed by atoms with Gasteiger partial charge in [0.05, 0.1) is 11.0 Å². The van der Waals surface area contributed by atoms with E-state index in [1.807, 2.05) is 17.5 Å². The fraction of sp³-hybridized carbons (Fsp3) is 0.357. The average molecular weight is 337 g/mol. The maximum Gasteiger partial charge on any atom is 0.291 e. The summed E-state index contributed by atoms with van der Waals surface area (Å²) in [5.74, 6) is -0.245. The van der Waals surface area contributed by atoms with E-state index in [9.17, 15) is 13.2 Å². The van der Waals surface area contributed by atoms with Gasteiger partial charge in [0.1, 0.15) is 0 Å². The van der Waals surface area contributed by atoms with Gasteiger partial charge in [0.15, 0.2) is 9.84 Å². The molecule has 0 spiro atoms. The second-order valence-corrected chi connectivity index (χ2v) is 8.31. The van der Waals surface area contributed by atoms with Gasteiger partial charge in [-0.05, 0) is 23.9 Å². The third-order valence-corrected chi connectivity index (χ3v) is 6.89. The molecule has 0 aromatic carbocycles. The zero-order chi connectivity index (χ0) is 15.6. The molecule has 1 saturated heterocycles. The molecule has 116 valence electrons. The molecule has 0 radical (unpaired) electrons. The summed E-state index contributed by atoms with van der Waals surface area (Å²) in [4.78, 5) is 22.6. The van der Waals surface area contributed by atoms with Crippen LogP contribution in [0.2, 0.25) is 0 Å². The molecule has 2 aromatic heterocycles. The van der Waals surface area contributed by atoms with Gasteiger partial charge in [-0.3, -0.25) is 4.79 Å². The van der Waals surface area contributed by atoms with Crippen molar-refractivity contribution in [3.05, 3.63) is 46.7 Å². The minimum atomic E-state index is -3.26. The van der Waals surface area contributed by atoms with E-state index in [0.29, 0.717) is 13.0 Å². The molecule has 3 rings (SSSR count). The van der Waals surface area contributed by atoms with Gasteiger partial charge in [-0.25, -0.2) is 18.4 Å². The Morgan fingerprint density at radius 2 is 2.00 bits per heavy atom. The van der Waals surface area contributed by atoms with Crippen molar-refractivity contribution >= 4 is 27.1 Å². The molecule has 0 N–H and O–H groups in total. The fourth-order valence-electron chi connectivity index (χ4n) is 2.49. The van der Waals surface area contributed by atoms with Crippen LogP contribution in [0.3, 0.4) is 0 Å². The Labute approximate surface area is 132 Å². The van der Waals surface area contributed by atoms with E-state index in [0.717, 1.165) is 4.88 Å². The van der Waals surface area contributed by atoms with Crippen LogP contribution in [0.4, 0.5) is 0 Å². The van der Waals surface area contributed by atoms with Crippen LogP contribution in [-0.4, -0.2) is 48.0 Å². The van der Waals surface area contributed by atoms with E-state index in [2.05, 4.69) is 9.97 Å². The first-order valence-corrected chi connectivity index (χ1v) is 9.49. The van der Waals surface area contributed by atoms with Crippen molar-refractivity contribution in [2.24, 2.45) is 0 Å². The van der Waals surface area contributed by atoms with Gasteiger partial charge in [-0.15, -0.1) is 11.3 Å². The molecule has 1 unspecified atom stereocenters. The fourth-order valence-corrected chi connectivity index (χ4v) is 5.50. The quantitative estimate of drug-likeness (QED) is 0.830. The third-order valence-electron chi connectivity index (χ3n) is 3.65. The molecule has 6 nitrogen and oxygen atoms in total. The number of rotatable bonds is 2. The molecule has 1 fully saturated rings. The summed E-state index contributed by atoms with van der Waals surface area (Å²) in [6.07, 6.45) is 3.41. The molecule has 3 heterocycles.